The van der Waals surface area contributed by atoms with Crippen molar-refractivity contribution in [2.75, 3.05) is 13.7 Å². The van der Waals surface area contributed by atoms with Crippen LogP contribution in [0.4, 0.5) is 4.39 Å². The third-order valence-electron chi connectivity index (χ3n) is 2.10. The standard InChI is InChI=1S/C10H14ClFN2O/c1-15-6-8(14-13)5-7-3-2-4-9(12)10(7)11/h2-4,8,14H,5-6,13H2,1H3. The number of hydrogen-bond acceptors (Lipinski definition) is 3. The molecule has 3 N–H and O–H groups in total. The Morgan fingerprint density at radius 1 is 1.60 bits per heavy atom. The second kappa shape index (κ2) is 6.02. The van der Waals surface area contributed by atoms with Crippen molar-refractivity contribution in [1.29, 1.82) is 0 Å². The van der Waals surface area contributed by atoms with Gasteiger partial charge in [-0.15, -0.1) is 0 Å². The molecule has 0 amide bonds. The lowest BCUT2D eigenvalue weighted by Gasteiger charge is -2.15. The van der Waals surface area contributed by atoms with Gasteiger partial charge in [-0.2, -0.15) is 0 Å². The summed E-state index contributed by atoms with van der Waals surface area (Å²) in [5, 5.41) is 0.147. The molecular formula is C10H14ClFN2O. The molecule has 0 aliphatic rings. The molecule has 0 aromatic heterocycles. The average molecular weight is 233 g/mol. The van der Waals surface area contributed by atoms with Crippen LogP contribution in [-0.4, -0.2) is 19.8 Å². The summed E-state index contributed by atoms with van der Waals surface area (Å²) in [5.74, 6) is 4.91. The van der Waals surface area contributed by atoms with Crippen LogP contribution in [0.5, 0.6) is 0 Å². The first-order valence-electron chi connectivity index (χ1n) is 4.57. The molecule has 5 heteroatoms. The molecule has 0 bridgehead atoms. The van der Waals surface area contributed by atoms with Gasteiger partial charge in [0.2, 0.25) is 0 Å². The van der Waals surface area contributed by atoms with Crippen molar-refractivity contribution >= 4 is 11.6 Å². The molecule has 84 valence electrons. The molecule has 1 aromatic carbocycles. The number of hydrogen-bond donors (Lipinski definition) is 2. The van der Waals surface area contributed by atoms with Crippen molar-refractivity contribution in [3.63, 3.8) is 0 Å². The number of rotatable bonds is 5. The van der Waals surface area contributed by atoms with Crippen molar-refractivity contribution < 1.29 is 9.13 Å². The smallest absolute Gasteiger partial charge is 0.142 e. The van der Waals surface area contributed by atoms with Crippen molar-refractivity contribution in [2.24, 2.45) is 5.84 Å². The highest BCUT2D eigenvalue weighted by molar-refractivity contribution is 6.31. The zero-order chi connectivity index (χ0) is 11.3. The molecule has 1 atom stereocenters. The lowest BCUT2D eigenvalue weighted by molar-refractivity contribution is 0.166. The zero-order valence-corrected chi connectivity index (χ0v) is 9.22. The fourth-order valence-electron chi connectivity index (χ4n) is 1.34. The van der Waals surface area contributed by atoms with E-state index in [4.69, 9.17) is 22.2 Å². The highest BCUT2D eigenvalue weighted by atomic mass is 35.5. The van der Waals surface area contributed by atoms with Crippen LogP contribution in [0.1, 0.15) is 5.56 Å². The molecule has 0 saturated heterocycles. The number of nitrogens with two attached hydrogens (primary N) is 1. The number of hydrazine groups is 1. The van der Waals surface area contributed by atoms with Crippen molar-refractivity contribution in [3.05, 3.63) is 34.6 Å². The average Bonchev–Trinajstić information content (AvgIpc) is 2.24. The summed E-state index contributed by atoms with van der Waals surface area (Å²) < 4.78 is 18.1. The summed E-state index contributed by atoms with van der Waals surface area (Å²) >= 11 is 5.81. The number of ether oxygens (including phenoxy) is 1. The normalized spacial score (nSPS) is 12.8. The van der Waals surface area contributed by atoms with E-state index >= 15 is 0 Å². The quantitative estimate of drug-likeness (QED) is 0.598. The van der Waals surface area contributed by atoms with Crippen LogP contribution in [0.3, 0.4) is 0 Å². The molecule has 0 heterocycles. The molecule has 15 heavy (non-hydrogen) atoms. The molecule has 3 nitrogen and oxygen atoms in total. The second-order valence-corrected chi connectivity index (χ2v) is 3.61. The molecule has 0 aliphatic heterocycles. The Hall–Kier alpha value is -0.680. The number of benzene rings is 1. The molecule has 0 spiro atoms. The monoisotopic (exact) mass is 232 g/mol. The number of methoxy groups -OCH3 is 1. The fraction of sp³-hybridized carbons (Fsp3) is 0.400. The van der Waals surface area contributed by atoms with Crippen LogP contribution < -0.4 is 11.3 Å². The third kappa shape index (κ3) is 3.43. The maximum absolute atomic E-state index is 13.1. The Morgan fingerprint density at radius 2 is 2.33 bits per heavy atom. The van der Waals surface area contributed by atoms with Gasteiger partial charge in [0.15, 0.2) is 0 Å². The van der Waals surface area contributed by atoms with Gasteiger partial charge in [-0.3, -0.25) is 11.3 Å². The van der Waals surface area contributed by atoms with E-state index in [-0.39, 0.29) is 11.1 Å². The van der Waals surface area contributed by atoms with Crippen LogP contribution >= 0.6 is 11.6 Å². The number of halogens is 2. The molecule has 0 saturated carbocycles. The Bertz CT molecular complexity index is 322. The third-order valence-corrected chi connectivity index (χ3v) is 2.52. The predicted octanol–water partition coefficient (Wildman–Crippen LogP) is 1.50. The van der Waals surface area contributed by atoms with E-state index in [2.05, 4.69) is 5.43 Å². The Kier molecular flexibility index (Phi) is 4.98. The molecular weight excluding hydrogens is 219 g/mol. The molecule has 0 fully saturated rings. The highest BCUT2D eigenvalue weighted by Crippen LogP contribution is 2.20. The van der Waals surface area contributed by atoms with E-state index in [1.165, 1.54) is 6.07 Å². The van der Waals surface area contributed by atoms with Crippen LogP contribution in [0.25, 0.3) is 0 Å². The van der Waals surface area contributed by atoms with Crippen LogP contribution in [0.2, 0.25) is 5.02 Å². The van der Waals surface area contributed by atoms with Crippen molar-refractivity contribution in [1.82, 2.24) is 5.43 Å². The molecule has 1 unspecified atom stereocenters. The lowest BCUT2D eigenvalue weighted by Crippen LogP contribution is -2.40. The minimum Gasteiger partial charge on any atom is -0.383 e. The first-order valence-corrected chi connectivity index (χ1v) is 4.94. The maximum Gasteiger partial charge on any atom is 0.142 e. The van der Waals surface area contributed by atoms with E-state index in [0.29, 0.717) is 13.0 Å². The van der Waals surface area contributed by atoms with E-state index in [1.807, 2.05) is 0 Å². The summed E-state index contributed by atoms with van der Waals surface area (Å²) in [6, 6.07) is 4.64. The molecule has 0 aliphatic carbocycles. The summed E-state index contributed by atoms with van der Waals surface area (Å²) in [6.07, 6.45) is 0.529. The minimum absolute atomic E-state index is 0.0747. The van der Waals surface area contributed by atoms with Crippen LogP contribution in [-0.2, 0) is 11.2 Å². The van der Waals surface area contributed by atoms with Gasteiger partial charge in [-0.25, -0.2) is 4.39 Å². The van der Waals surface area contributed by atoms with Gasteiger partial charge in [0, 0.05) is 13.2 Å². The van der Waals surface area contributed by atoms with Gasteiger partial charge in [0.05, 0.1) is 11.6 Å². The fourth-order valence-corrected chi connectivity index (χ4v) is 1.54. The highest BCUT2D eigenvalue weighted by Gasteiger charge is 2.11. The first kappa shape index (κ1) is 12.4. The Labute approximate surface area is 93.3 Å². The molecule has 1 rings (SSSR count). The summed E-state index contributed by atoms with van der Waals surface area (Å²) in [6.45, 7) is 0.448. The van der Waals surface area contributed by atoms with E-state index in [1.54, 1.807) is 19.2 Å². The predicted molar refractivity (Wildman–Crippen MR) is 58.1 cm³/mol. The topological polar surface area (TPSA) is 47.3 Å². The second-order valence-electron chi connectivity index (χ2n) is 3.24. The first-order chi connectivity index (χ1) is 7.19. The number of nitrogens with one attached hydrogen (secondary N) is 1. The zero-order valence-electron chi connectivity index (χ0n) is 8.47. The van der Waals surface area contributed by atoms with E-state index in [0.717, 1.165) is 5.56 Å². The SMILES string of the molecule is COCC(Cc1cccc(F)c1Cl)NN. The summed E-state index contributed by atoms with van der Waals surface area (Å²) in [5.41, 5.74) is 3.31. The van der Waals surface area contributed by atoms with Gasteiger partial charge in [-0.05, 0) is 18.1 Å². The van der Waals surface area contributed by atoms with Gasteiger partial charge < -0.3 is 4.74 Å². The molecule has 1 aromatic rings. The Morgan fingerprint density at radius 3 is 2.93 bits per heavy atom. The Balaban J connectivity index is 2.74. The summed E-state index contributed by atoms with van der Waals surface area (Å²) in [4.78, 5) is 0. The van der Waals surface area contributed by atoms with Crippen molar-refractivity contribution in [2.45, 2.75) is 12.5 Å². The van der Waals surface area contributed by atoms with Gasteiger partial charge >= 0.3 is 0 Å². The van der Waals surface area contributed by atoms with Gasteiger partial charge in [0.1, 0.15) is 5.82 Å². The van der Waals surface area contributed by atoms with Gasteiger partial charge in [-0.1, -0.05) is 23.7 Å². The van der Waals surface area contributed by atoms with Gasteiger partial charge in [0.25, 0.3) is 0 Å². The minimum atomic E-state index is -0.414. The van der Waals surface area contributed by atoms with E-state index < -0.39 is 5.82 Å². The lowest BCUT2D eigenvalue weighted by atomic mass is 10.1. The van der Waals surface area contributed by atoms with Crippen molar-refractivity contribution in [3.8, 4) is 0 Å². The largest absolute Gasteiger partial charge is 0.383 e. The van der Waals surface area contributed by atoms with Crippen LogP contribution in [0, 0.1) is 5.82 Å². The van der Waals surface area contributed by atoms with E-state index in [9.17, 15) is 4.39 Å². The van der Waals surface area contributed by atoms with Crippen LogP contribution in [0.15, 0.2) is 18.2 Å². The summed E-state index contributed by atoms with van der Waals surface area (Å²) in [7, 11) is 1.58. The molecule has 0 radical (unpaired) electrons. The maximum atomic E-state index is 13.1.